The summed E-state index contributed by atoms with van der Waals surface area (Å²) >= 11 is 0. The summed E-state index contributed by atoms with van der Waals surface area (Å²) in [5.74, 6) is -1.18. The van der Waals surface area contributed by atoms with Gasteiger partial charge in [-0.1, -0.05) is 88.1 Å². The van der Waals surface area contributed by atoms with Gasteiger partial charge in [0.1, 0.15) is 0 Å². The highest BCUT2D eigenvalue weighted by atomic mass is 16.3. The van der Waals surface area contributed by atoms with Gasteiger partial charge in [0.25, 0.3) is 5.91 Å². The number of aliphatic hydroxyl groups is 1. The molecule has 0 unspecified atom stereocenters. The molecule has 0 spiro atoms. The zero-order valence-corrected chi connectivity index (χ0v) is 19.8. The van der Waals surface area contributed by atoms with Crippen molar-refractivity contribution in [3.8, 4) is 0 Å². The summed E-state index contributed by atoms with van der Waals surface area (Å²) in [6, 6.07) is 17.3. The monoisotopic (exact) mass is 449 g/mol. The van der Waals surface area contributed by atoms with Gasteiger partial charge < -0.3 is 15.3 Å². The Kier molecular flexibility index (Phi) is 8.78. The topological polar surface area (TPSA) is 82.0 Å². The average molecular weight is 450 g/mol. The van der Waals surface area contributed by atoms with Gasteiger partial charge in [0.2, 0.25) is 12.1 Å². The molecule has 6 heteroatoms. The van der Waals surface area contributed by atoms with Gasteiger partial charge >= 0.3 is 0 Å². The van der Waals surface area contributed by atoms with Crippen LogP contribution >= 0.6 is 0 Å². The van der Waals surface area contributed by atoms with E-state index in [1.54, 1.807) is 11.9 Å². The van der Waals surface area contributed by atoms with E-state index < -0.39 is 18.2 Å². The van der Waals surface area contributed by atoms with E-state index in [2.05, 4.69) is 19.2 Å². The van der Waals surface area contributed by atoms with E-state index in [9.17, 15) is 14.7 Å². The third kappa shape index (κ3) is 5.88. The second-order valence-electron chi connectivity index (χ2n) is 8.63. The molecule has 0 radical (unpaired) electrons. The molecular formula is C27H35N3O3. The Hall–Kier alpha value is -2.99. The van der Waals surface area contributed by atoms with E-state index in [1.807, 2.05) is 54.6 Å². The van der Waals surface area contributed by atoms with Crippen LogP contribution in [0.25, 0.3) is 0 Å². The molecule has 0 saturated carbocycles. The fourth-order valence-electron chi connectivity index (χ4n) is 4.22. The number of amides is 2. The number of carbonyl (C=O) groups excluding carboxylic acids is 2. The highest BCUT2D eigenvalue weighted by Crippen LogP contribution is 2.27. The van der Waals surface area contributed by atoms with Crippen LogP contribution in [0.3, 0.4) is 0 Å². The highest BCUT2D eigenvalue weighted by Gasteiger charge is 2.34. The zero-order valence-electron chi connectivity index (χ0n) is 19.8. The maximum atomic E-state index is 13.3. The van der Waals surface area contributed by atoms with Crippen molar-refractivity contribution in [1.82, 2.24) is 5.32 Å². The minimum absolute atomic E-state index is 0.306. The van der Waals surface area contributed by atoms with E-state index >= 15 is 0 Å². The van der Waals surface area contributed by atoms with Gasteiger partial charge in [0.05, 0.1) is 23.4 Å². The molecule has 0 saturated heterocycles. The van der Waals surface area contributed by atoms with Crippen molar-refractivity contribution >= 4 is 23.2 Å². The van der Waals surface area contributed by atoms with E-state index in [0.717, 1.165) is 42.5 Å². The van der Waals surface area contributed by atoms with Gasteiger partial charge in [0.15, 0.2) is 0 Å². The molecule has 0 aromatic heterocycles. The summed E-state index contributed by atoms with van der Waals surface area (Å²) in [5.41, 5.74) is 3.11. The van der Waals surface area contributed by atoms with Crippen LogP contribution in [-0.4, -0.2) is 41.9 Å². The van der Waals surface area contributed by atoms with Crippen LogP contribution in [0.1, 0.15) is 63.5 Å². The van der Waals surface area contributed by atoms with E-state index in [1.165, 1.54) is 0 Å². The molecule has 176 valence electrons. The number of benzodiazepines with no additional fused rings is 1. The first kappa shape index (κ1) is 24.6. The molecule has 6 nitrogen and oxygen atoms in total. The van der Waals surface area contributed by atoms with Crippen LogP contribution in [0.5, 0.6) is 0 Å². The number of nitrogens with zero attached hydrogens (tertiary/aromatic N) is 2. The summed E-state index contributed by atoms with van der Waals surface area (Å²) in [6.45, 7) is 4.12. The minimum Gasteiger partial charge on any atom is -0.392 e. The molecule has 2 aromatic rings. The smallest absolute Gasteiger partial charge is 0.272 e. The number of rotatable bonds is 10. The van der Waals surface area contributed by atoms with Gasteiger partial charge in [-0.05, 0) is 18.9 Å². The normalized spacial score (nSPS) is 17.6. The van der Waals surface area contributed by atoms with E-state index in [-0.39, 0.29) is 11.8 Å². The zero-order chi connectivity index (χ0) is 23.8. The number of anilines is 1. The SMILES string of the molecule is CCCC[C@H](O)[C@@H](CCCC)C(=O)N[C@H]1N=C(c2ccccc2)c2ccccc2N(C)C1=O. The van der Waals surface area contributed by atoms with Crippen molar-refractivity contribution in [2.45, 2.75) is 64.6 Å². The number of fused-ring (bicyclic) bond motifs is 1. The Morgan fingerprint density at radius 3 is 2.36 bits per heavy atom. The number of hydrogen-bond donors (Lipinski definition) is 2. The van der Waals surface area contributed by atoms with Gasteiger partial charge in [0, 0.05) is 18.2 Å². The molecule has 2 amide bonds. The largest absolute Gasteiger partial charge is 0.392 e. The van der Waals surface area contributed by atoms with Crippen molar-refractivity contribution in [1.29, 1.82) is 0 Å². The Balaban J connectivity index is 1.95. The Labute approximate surface area is 196 Å². The molecule has 0 bridgehead atoms. The first-order valence-electron chi connectivity index (χ1n) is 12.0. The summed E-state index contributed by atoms with van der Waals surface area (Å²) in [7, 11) is 1.70. The van der Waals surface area contributed by atoms with Gasteiger partial charge in [-0.25, -0.2) is 4.99 Å². The Morgan fingerprint density at radius 1 is 1.03 bits per heavy atom. The number of aliphatic imine (C=N–C) groups is 1. The van der Waals surface area contributed by atoms with Crippen LogP contribution in [0.2, 0.25) is 0 Å². The van der Waals surface area contributed by atoms with Gasteiger partial charge in [-0.15, -0.1) is 0 Å². The maximum Gasteiger partial charge on any atom is 0.272 e. The number of nitrogens with one attached hydrogen (secondary N) is 1. The quantitative estimate of drug-likeness (QED) is 0.567. The number of carbonyl (C=O) groups is 2. The highest BCUT2D eigenvalue weighted by molar-refractivity contribution is 6.20. The standard InChI is InChI=1S/C27H35N3O3/c1-4-6-15-21(23(31)18-7-5-2)26(32)29-25-27(33)30(3)22-17-12-11-16-20(22)24(28-25)19-13-9-8-10-14-19/h8-14,16-17,21,23,25,31H,4-7,15,18H2,1-3H3,(H,29,32)/t21-,23+,25-/m1/s1. The summed E-state index contributed by atoms with van der Waals surface area (Å²) in [4.78, 5) is 32.9. The molecule has 1 aliphatic heterocycles. The number of unbranched alkanes of at least 4 members (excludes halogenated alkanes) is 2. The van der Waals surface area contributed by atoms with Crippen LogP contribution in [-0.2, 0) is 9.59 Å². The second-order valence-corrected chi connectivity index (χ2v) is 8.63. The maximum absolute atomic E-state index is 13.3. The number of benzene rings is 2. The second kappa shape index (κ2) is 11.8. The fourth-order valence-corrected chi connectivity index (χ4v) is 4.22. The molecule has 1 heterocycles. The molecule has 2 N–H and O–H groups in total. The van der Waals surface area contributed by atoms with E-state index in [0.29, 0.717) is 18.6 Å². The number of hydrogen-bond acceptors (Lipinski definition) is 4. The average Bonchev–Trinajstić information content (AvgIpc) is 2.94. The van der Waals surface area contributed by atoms with Crippen LogP contribution in [0.4, 0.5) is 5.69 Å². The Bertz CT molecular complexity index is 974. The molecule has 0 fully saturated rings. The lowest BCUT2D eigenvalue weighted by atomic mass is 9.91. The predicted octanol–water partition coefficient (Wildman–Crippen LogP) is 4.30. The van der Waals surface area contributed by atoms with Crippen LogP contribution < -0.4 is 10.2 Å². The minimum atomic E-state index is -1.06. The van der Waals surface area contributed by atoms with Crippen LogP contribution in [0.15, 0.2) is 59.6 Å². The molecule has 2 aromatic carbocycles. The fraction of sp³-hybridized carbons (Fsp3) is 0.444. The molecule has 0 aliphatic carbocycles. The van der Waals surface area contributed by atoms with Crippen molar-refractivity contribution in [3.05, 3.63) is 65.7 Å². The van der Waals surface area contributed by atoms with Crippen molar-refractivity contribution in [3.63, 3.8) is 0 Å². The third-order valence-corrected chi connectivity index (χ3v) is 6.19. The summed E-state index contributed by atoms with van der Waals surface area (Å²) in [6.07, 6.45) is 2.94. The van der Waals surface area contributed by atoms with Gasteiger partial charge in [-0.2, -0.15) is 0 Å². The first-order valence-corrected chi connectivity index (χ1v) is 12.0. The Morgan fingerprint density at radius 2 is 1.67 bits per heavy atom. The first-order chi connectivity index (χ1) is 16.0. The number of para-hydroxylation sites is 1. The predicted molar refractivity (Wildman–Crippen MR) is 132 cm³/mol. The van der Waals surface area contributed by atoms with Crippen molar-refractivity contribution in [2.24, 2.45) is 10.9 Å². The molecule has 1 aliphatic rings. The van der Waals surface area contributed by atoms with E-state index in [4.69, 9.17) is 4.99 Å². The number of aliphatic hydroxyl groups excluding tert-OH is 1. The van der Waals surface area contributed by atoms with Crippen molar-refractivity contribution < 1.29 is 14.7 Å². The third-order valence-electron chi connectivity index (χ3n) is 6.19. The molecule has 3 rings (SSSR count). The molecule has 33 heavy (non-hydrogen) atoms. The number of likely N-dealkylation sites (N-methyl/N-ethyl adjacent to an activating group) is 1. The lowest BCUT2D eigenvalue weighted by Gasteiger charge is -2.25. The van der Waals surface area contributed by atoms with Crippen LogP contribution in [0, 0.1) is 5.92 Å². The summed E-state index contributed by atoms with van der Waals surface area (Å²) in [5, 5.41) is 13.6. The van der Waals surface area contributed by atoms with Crippen molar-refractivity contribution in [2.75, 3.05) is 11.9 Å². The lowest BCUT2D eigenvalue weighted by molar-refractivity contribution is -0.133. The van der Waals surface area contributed by atoms with Gasteiger partial charge in [-0.3, -0.25) is 9.59 Å². The lowest BCUT2D eigenvalue weighted by Crippen LogP contribution is -2.49. The molecular weight excluding hydrogens is 414 g/mol. The molecule has 3 atom stereocenters. The summed E-state index contributed by atoms with van der Waals surface area (Å²) < 4.78 is 0.